The number of para-hydroxylation sites is 1. The Morgan fingerprint density at radius 3 is 2.78 bits per heavy atom. The predicted molar refractivity (Wildman–Crippen MR) is 90.4 cm³/mol. The van der Waals surface area contributed by atoms with Gasteiger partial charge in [-0.1, -0.05) is 24.6 Å². The standard InChI is InChI=1S/C18H24N4O/c1-21-13-6-5-7-14(21)11-12(10-13)19-18(23)17-15-8-3-4-9-16(15)22(2)20-17/h3-4,8-9,12-14H,5-7,10-11H2,1-2H3,(H,19,23)/i1D3. The first-order chi connectivity index (χ1) is 12.3. The molecule has 122 valence electrons. The van der Waals surface area contributed by atoms with Crippen molar-refractivity contribution in [3.63, 3.8) is 0 Å². The number of amides is 1. The third-order valence-corrected chi connectivity index (χ3v) is 5.28. The van der Waals surface area contributed by atoms with Crippen LogP contribution in [0.4, 0.5) is 0 Å². The molecule has 1 N–H and O–H groups in total. The van der Waals surface area contributed by atoms with E-state index in [0.717, 1.165) is 30.2 Å². The maximum Gasteiger partial charge on any atom is 0.272 e. The van der Waals surface area contributed by atoms with Crippen molar-refractivity contribution in [1.29, 1.82) is 0 Å². The van der Waals surface area contributed by atoms with Gasteiger partial charge < -0.3 is 10.2 Å². The Bertz CT molecular complexity index is 817. The second-order valence-corrected chi connectivity index (χ2v) is 6.78. The molecule has 0 saturated carbocycles. The molecule has 1 aromatic heterocycles. The zero-order chi connectivity index (χ0) is 18.5. The van der Waals surface area contributed by atoms with Gasteiger partial charge in [-0.3, -0.25) is 9.48 Å². The maximum atomic E-state index is 12.8. The van der Waals surface area contributed by atoms with Crippen LogP contribution in [0.5, 0.6) is 0 Å². The minimum Gasteiger partial charge on any atom is -0.348 e. The van der Waals surface area contributed by atoms with Gasteiger partial charge in [-0.2, -0.15) is 5.10 Å². The highest BCUT2D eigenvalue weighted by molar-refractivity contribution is 6.04. The fourth-order valence-corrected chi connectivity index (χ4v) is 4.13. The lowest BCUT2D eigenvalue weighted by Gasteiger charge is -2.47. The maximum absolute atomic E-state index is 12.8. The third kappa shape index (κ3) is 2.53. The second kappa shape index (κ2) is 5.64. The van der Waals surface area contributed by atoms with Gasteiger partial charge in [0.05, 0.1) is 5.52 Å². The normalized spacial score (nSPS) is 30.5. The molecule has 23 heavy (non-hydrogen) atoms. The second-order valence-electron chi connectivity index (χ2n) is 6.78. The van der Waals surface area contributed by atoms with Crippen molar-refractivity contribution < 1.29 is 8.91 Å². The molecule has 5 heteroatoms. The van der Waals surface area contributed by atoms with E-state index in [4.69, 9.17) is 4.11 Å². The van der Waals surface area contributed by atoms with Crippen LogP contribution in [0.25, 0.3) is 10.9 Å². The molecule has 0 spiro atoms. The number of benzene rings is 1. The van der Waals surface area contributed by atoms with E-state index >= 15 is 0 Å². The van der Waals surface area contributed by atoms with Gasteiger partial charge >= 0.3 is 0 Å². The first-order valence-electron chi connectivity index (χ1n) is 9.85. The number of aromatic nitrogens is 2. The van der Waals surface area contributed by atoms with Crippen LogP contribution in [0.1, 0.15) is 46.7 Å². The van der Waals surface area contributed by atoms with Crippen LogP contribution in [-0.2, 0) is 7.05 Å². The summed E-state index contributed by atoms with van der Waals surface area (Å²) >= 11 is 0. The highest BCUT2D eigenvalue weighted by atomic mass is 16.2. The molecule has 3 heterocycles. The van der Waals surface area contributed by atoms with Crippen molar-refractivity contribution in [3.8, 4) is 0 Å². The van der Waals surface area contributed by atoms with Crippen LogP contribution >= 0.6 is 0 Å². The molecule has 0 radical (unpaired) electrons. The number of hydrogen-bond acceptors (Lipinski definition) is 3. The molecule has 4 rings (SSSR count). The van der Waals surface area contributed by atoms with Crippen LogP contribution < -0.4 is 5.32 Å². The molecule has 2 bridgehead atoms. The monoisotopic (exact) mass is 315 g/mol. The van der Waals surface area contributed by atoms with Crippen LogP contribution in [-0.4, -0.2) is 45.7 Å². The van der Waals surface area contributed by atoms with Gasteiger partial charge in [0.25, 0.3) is 5.91 Å². The van der Waals surface area contributed by atoms with Gasteiger partial charge in [0.2, 0.25) is 0 Å². The molecule has 2 aromatic rings. The Labute approximate surface area is 140 Å². The van der Waals surface area contributed by atoms with E-state index in [1.165, 1.54) is 0 Å². The summed E-state index contributed by atoms with van der Waals surface area (Å²) in [6.07, 6.45) is 4.20. The van der Waals surface area contributed by atoms with Gasteiger partial charge in [-0.05, 0) is 38.7 Å². The van der Waals surface area contributed by atoms with Crippen LogP contribution in [0, 0.1) is 0 Å². The molecular formula is C18H24N4O. The first kappa shape index (κ1) is 11.6. The van der Waals surface area contributed by atoms with E-state index < -0.39 is 6.98 Å². The third-order valence-electron chi connectivity index (χ3n) is 5.28. The van der Waals surface area contributed by atoms with E-state index in [2.05, 4.69) is 10.4 Å². The minimum absolute atomic E-state index is 0.00262. The quantitative estimate of drug-likeness (QED) is 0.925. The zero-order valence-corrected chi connectivity index (χ0v) is 13.3. The van der Waals surface area contributed by atoms with Gasteiger partial charge in [-0.15, -0.1) is 0 Å². The Hall–Kier alpha value is -1.88. The summed E-state index contributed by atoms with van der Waals surface area (Å²) in [7, 11) is 1.83. The number of carbonyl (C=O) groups excluding carboxylic acids is 1. The number of fused-ring (bicyclic) bond motifs is 3. The molecule has 1 aromatic carbocycles. The zero-order valence-electron chi connectivity index (χ0n) is 16.3. The van der Waals surface area contributed by atoms with Crippen molar-refractivity contribution >= 4 is 16.8 Å². The van der Waals surface area contributed by atoms with E-state index in [1.54, 1.807) is 9.58 Å². The minimum atomic E-state index is -2.05. The molecule has 2 atom stereocenters. The van der Waals surface area contributed by atoms with Crippen molar-refractivity contribution in [3.05, 3.63) is 30.0 Å². The lowest BCUT2D eigenvalue weighted by molar-refractivity contribution is 0.0462. The van der Waals surface area contributed by atoms with E-state index in [0.29, 0.717) is 18.5 Å². The summed E-state index contributed by atoms with van der Waals surface area (Å²) in [5.41, 5.74) is 1.36. The Kier molecular flexibility index (Phi) is 2.85. The number of nitrogens with zero attached hydrogens (tertiary/aromatic N) is 3. The van der Waals surface area contributed by atoms with Gasteiger partial charge in [0, 0.05) is 34.7 Å². The number of nitrogens with one attached hydrogen (secondary N) is 1. The van der Waals surface area contributed by atoms with Crippen molar-refractivity contribution in [2.24, 2.45) is 7.05 Å². The van der Waals surface area contributed by atoms with Crippen molar-refractivity contribution in [2.45, 2.75) is 50.2 Å². The lowest BCUT2D eigenvalue weighted by atomic mass is 9.82. The molecule has 2 saturated heterocycles. The van der Waals surface area contributed by atoms with Gasteiger partial charge in [-0.25, -0.2) is 0 Å². The van der Waals surface area contributed by atoms with E-state index in [1.807, 2.05) is 31.3 Å². The van der Waals surface area contributed by atoms with Crippen LogP contribution in [0.3, 0.4) is 0 Å². The molecule has 1 amide bonds. The smallest absolute Gasteiger partial charge is 0.272 e. The molecule has 2 unspecified atom stereocenters. The summed E-state index contributed by atoms with van der Waals surface area (Å²) in [4.78, 5) is 14.5. The molecule has 0 aliphatic carbocycles. The molecule has 2 aliphatic heterocycles. The Morgan fingerprint density at radius 2 is 2.04 bits per heavy atom. The summed E-state index contributed by atoms with van der Waals surface area (Å²) in [6, 6.07) is 7.71. The molecule has 5 nitrogen and oxygen atoms in total. The van der Waals surface area contributed by atoms with Gasteiger partial charge in [0.1, 0.15) is 0 Å². The number of rotatable bonds is 2. The summed E-state index contributed by atoms with van der Waals surface area (Å²) in [6.45, 7) is -2.05. The number of hydrogen-bond donors (Lipinski definition) is 1. The average molecular weight is 315 g/mol. The Morgan fingerprint density at radius 1 is 1.30 bits per heavy atom. The van der Waals surface area contributed by atoms with Crippen LogP contribution in [0.2, 0.25) is 0 Å². The highest BCUT2D eigenvalue weighted by Gasteiger charge is 2.36. The van der Waals surface area contributed by atoms with Crippen molar-refractivity contribution in [2.75, 3.05) is 6.98 Å². The molecule has 2 aliphatic rings. The average Bonchev–Trinajstić information content (AvgIpc) is 2.91. The highest BCUT2D eigenvalue weighted by Crippen LogP contribution is 2.32. The number of piperidine rings is 2. The van der Waals surface area contributed by atoms with Crippen LogP contribution in [0.15, 0.2) is 24.3 Å². The number of aryl methyl sites for hydroxylation is 1. The summed E-state index contributed by atoms with van der Waals surface area (Å²) < 4.78 is 25.2. The summed E-state index contributed by atoms with van der Waals surface area (Å²) in [5, 5.41) is 8.34. The largest absolute Gasteiger partial charge is 0.348 e. The fraction of sp³-hybridized carbons (Fsp3) is 0.556. The molecular weight excluding hydrogens is 288 g/mol. The lowest BCUT2D eigenvalue weighted by Crippen LogP contribution is -2.55. The topological polar surface area (TPSA) is 50.2 Å². The fourth-order valence-electron chi connectivity index (χ4n) is 4.13. The van der Waals surface area contributed by atoms with Gasteiger partial charge in [0.15, 0.2) is 5.69 Å². The Balaban J connectivity index is 1.52. The van der Waals surface area contributed by atoms with Crippen molar-refractivity contribution in [1.82, 2.24) is 20.0 Å². The van der Waals surface area contributed by atoms with E-state index in [-0.39, 0.29) is 24.0 Å². The van der Waals surface area contributed by atoms with E-state index in [9.17, 15) is 4.79 Å². The molecule has 2 fully saturated rings. The first-order valence-corrected chi connectivity index (χ1v) is 8.35. The SMILES string of the molecule is [2H]C([2H])([2H])N1C2CCCC1CC(NC(=O)c1nn(C)c3ccccc13)C2. The predicted octanol–water partition coefficient (Wildman–Crippen LogP) is 2.32. The number of carbonyl (C=O) groups is 1. The summed E-state index contributed by atoms with van der Waals surface area (Å²) in [5.74, 6) is -0.174.